The topological polar surface area (TPSA) is 93.5 Å². The number of nitrogen functional groups attached to an aromatic ring is 1. The van der Waals surface area contributed by atoms with Crippen LogP contribution in [0.2, 0.25) is 5.02 Å². The molecule has 170 valence electrons. The zero-order valence-corrected chi connectivity index (χ0v) is 17.1. The lowest BCUT2D eigenvalue weighted by Gasteiger charge is -2.26. The first-order chi connectivity index (χ1) is 14.4. The highest BCUT2D eigenvalue weighted by atomic mass is 35.5. The van der Waals surface area contributed by atoms with Crippen LogP contribution in [0.25, 0.3) is 0 Å². The maximum Gasteiger partial charge on any atom is 0.425 e. The van der Waals surface area contributed by atoms with Crippen LogP contribution in [0.4, 0.5) is 39.3 Å². The Kier molecular flexibility index (Phi) is 6.33. The molecule has 0 unspecified atom stereocenters. The van der Waals surface area contributed by atoms with Gasteiger partial charge in [-0.3, -0.25) is 5.01 Å². The third-order valence-corrected chi connectivity index (χ3v) is 5.04. The van der Waals surface area contributed by atoms with Gasteiger partial charge >= 0.3 is 12.2 Å². The summed E-state index contributed by atoms with van der Waals surface area (Å²) in [6.45, 7) is -0.0359. The van der Waals surface area contributed by atoms with Crippen LogP contribution in [0.1, 0.15) is 18.9 Å². The zero-order valence-electron chi connectivity index (χ0n) is 16.3. The van der Waals surface area contributed by atoms with Crippen molar-refractivity contribution in [3.05, 3.63) is 34.9 Å². The van der Waals surface area contributed by atoms with E-state index in [0.717, 1.165) is 16.8 Å². The van der Waals surface area contributed by atoms with Crippen LogP contribution in [-0.4, -0.2) is 41.3 Å². The molecule has 0 bridgehead atoms. The van der Waals surface area contributed by atoms with Crippen LogP contribution >= 0.6 is 11.6 Å². The van der Waals surface area contributed by atoms with E-state index in [-0.39, 0.29) is 30.4 Å². The van der Waals surface area contributed by atoms with E-state index in [2.05, 4.69) is 9.97 Å². The van der Waals surface area contributed by atoms with Crippen molar-refractivity contribution in [3.8, 4) is 6.01 Å². The largest absolute Gasteiger partial charge is 0.451 e. The van der Waals surface area contributed by atoms with Crippen molar-refractivity contribution in [2.24, 2.45) is 5.84 Å². The molecule has 1 fully saturated rings. The van der Waals surface area contributed by atoms with Gasteiger partial charge in [0.2, 0.25) is 0 Å². The SMILES string of the molecule is C[C@@H](Oc1nc(N(N)Cc2ccccc2Cl)c(N)c(N2CCC(F)(F)C2)n1)C(F)(F)F. The molecule has 31 heavy (non-hydrogen) atoms. The molecule has 0 radical (unpaired) electrons. The van der Waals surface area contributed by atoms with Crippen molar-refractivity contribution in [3.63, 3.8) is 0 Å². The van der Waals surface area contributed by atoms with Gasteiger partial charge in [-0.15, -0.1) is 0 Å². The Morgan fingerprint density at radius 3 is 2.55 bits per heavy atom. The zero-order chi connectivity index (χ0) is 23.0. The quantitative estimate of drug-likeness (QED) is 0.380. The summed E-state index contributed by atoms with van der Waals surface area (Å²) in [5.74, 6) is 2.72. The number of alkyl halides is 5. The fourth-order valence-corrected chi connectivity index (χ4v) is 3.16. The van der Waals surface area contributed by atoms with Gasteiger partial charge in [-0.2, -0.15) is 23.1 Å². The molecule has 1 aliphatic heterocycles. The van der Waals surface area contributed by atoms with Crippen LogP contribution in [-0.2, 0) is 6.54 Å². The van der Waals surface area contributed by atoms with Gasteiger partial charge in [0, 0.05) is 18.0 Å². The molecule has 0 spiro atoms. The molecule has 1 aromatic heterocycles. The third kappa shape index (κ3) is 5.37. The number of hydrogen-bond donors (Lipinski definition) is 2. The Bertz CT molecular complexity index is 944. The predicted molar refractivity (Wildman–Crippen MR) is 106 cm³/mol. The Hall–Kier alpha value is -2.60. The smallest absolute Gasteiger partial charge is 0.425 e. The second-order valence-electron chi connectivity index (χ2n) is 7.12. The summed E-state index contributed by atoms with van der Waals surface area (Å²) in [5.41, 5.74) is 6.51. The number of aromatic nitrogens is 2. The molecule has 3 rings (SSSR count). The molecule has 2 heterocycles. The normalized spacial score (nSPS) is 17.0. The summed E-state index contributed by atoms with van der Waals surface area (Å²) in [6, 6.07) is 6.06. The number of anilines is 3. The fourth-order valence-electron chi connectivity index (χ4n) is 2.97. The van der Waals surface area contributed by atoms with E-state index < -0.39 is 37.2 Å². The number of halogens is 6. The van der Waals surface area contributed by atoms with Crippen molar-refractivity contribution in [2.75, 3.05) is 28.7 Å². The molecule has 1 aliphatic rings. The first kappa shape index (κ1) is 23.1. The minimum Gasteiger partial charge on any atom is -0.451 e. The Labute approximate surface area is 179 Å². The van der Waals surface area contributed by atoms with Gasteiger partial charge in [0.25, 0.3) is 5.92 Å². The number of nitrogens with two attached hydrogens (primary N) is 2. The summed E-state index contributed by atoms with van der Waals surface area (Å²) in [7, 11) is 0. The van der Waals surface area contributed by atoms with Crippen LogP contribution < -0.4 is 26.2 Å². The van der Waals surface area contributed by atoms with E-state index in [1.807, 2.05) is 0 Å². The van der Waals surface area contributed by atoms with Crippen LogP contribution in [0.5, 0.6) is 6.01 Å². The van der Waals surface area contributed by atoms with Crippen molar-refractivity contribution >= 4 is 28.9 Å². The van der Waals surface area contributed by atoms with Crippen molar-refractivity contribution in [2.45, 2.75) is 38.1 Å². The highest BCUT2D eigenvalue weighted by Gasteiger charge is 2.41. The van der Waals surface area contributed by atoms with Gasteiger partial charge in [-0.25, -0.2) is 14.6 Å². The lowest BCUT2D eigenvalue weighted by Crippen LogP contribution is -2.35. The highest BCUT2D eigenvalue weighted by Crippen LogP contribution is 2.38. The van der Waals surface area contributed by atoms with E-state index in [1.165, 1.54) is 0 Å². The maximum absolute atomic E-state index is 13.7. The predicted octanol–water partition coefficient (Wildman–Crippen LogP) is 3.77. The van der Waals surface area contributed by atoms with Gasteiger partial charge in [-0.1, -0.05) is 29.8 Å². The molecular weight excluding hydrogens is 447 g/mol. The fraction of sp³-hybridized carbons (Fsp3) is 0.444. The van der Waals surface area contributed by atoms with E-state index in [0.29, 0.717) is 10.6 Å². The molecule has 7 nitrogen and oxygen atoms in total. The van der Waals surface area contributed by atoms with E-state index in [4.69, 9.17) is 27.9 Å². The Balaban J connectivity index is 1.99. The molecule has 1 aromatic carbocycles. The average molecular weight is 467 g/mol. The maximum atomic E-state index is 13.7. The summed E-state index contributed by atoms with van der Waals surface area (Å²) in [5, 5.41) is 1.44. The summed E-state index contributed by atoms with van der Waals surface area (Å²) in [4.78, 5) is 8.93. The molecular formula is C18H20ClF5N6O. The minimum absolute atomic E-state index is 0.00918. The van der Waals surface area contributed by atoms with Gasteiger partial charge in [0.1, 0.15) is 5.69 Å². The van der Waals surface area contributed by atoms with E-state index >= 15 is 0 Å². The van der Waals surface area contributed by atoms with E-state index in [1.54, 1.807) is 24.3 Å². The number of hydrazine groups is 1. The molecule has 1 saturated heterocycles. The molecule has 2 aromatic rings. The monoisotopic (exact) mass is 466 g/mol. The second-order valence-corrected chi connectivity index (χ2v) is 7.52. The highest BCUT2D eigenvalue weighted by molar-refractivity contribution is 6.31. The average Bonchev–Trinajstić information content (AvgIpc) is 3.03. The van der Waals surface area contributed by atoms with E-state index in [9.17, 15) is 22.0 Å². The minimum atomic E-state index is -4.69. The second kappa shape index (κ2) is 8.50. The van der Waals surface area contributed by atoms with Crippen LogP contribution in [0, 0.1) is 0 Å². The number of benzene rings is 1. The lowest BCUT2D eigenvalue weighted by molar-refractivity contribution is -0.190. The Morgan fingerprint density at radius 1 is 1.29 bits per heavy atom. The van der Waals surface area contributed by atoms with Gasteiger partial charge in [0.15, 0.2) is 17.7 Å². The summed E-state index contributed by atoms with van der Waals surface area (Å²) >= 11 is 6.12. The Morgan fingerprint density at radius 2 is 1.97 bits per heavy atom. The van der Waals surface area contributed by atoms with Gasteiger partial charge < -0.3 is 15.4 Å². The van der Waals surface area contributed by atoms with Gasteiger partial charge in [0.05, 0.1) is 13.1 Å². The van der Waals surface area contributed by atoms with Crippen LogP contribution in [0.3, 0.4) is 0 Å². The summed E-state index contributed by atoms with van der Waals surface area (Å²) < 4.78 is 71.1. The first-order valence-corrected chi connectivity index (χ1v) is 9.54. The molecule has 0 aliphatic carbocycles. The standard InChI is InChI=1S/C18H20ClF5N6O/c1-10(18(22,23)24)31-16-27-14(29-7-6-17(20,21)9-29)13(25)15(28-16)30(26)8-11-4-2-3-5-12(11)19/h2-5,10H,6-9,25-26H2,1H3/t10-/m1/s1. The summed E-state index contributed by atoms with van der Waals surface area (Å²) in [6.07, 6.45) is -7.38. The van der Waals surface area contributed by atoms with Gasteiger partial charge in [-0.05, 0) is 18.6 Å². The first-order valence-electron chi connectivity index (χ1n) is 9.16. The molecule has 13 heteroatoms. The third-order valence-electron chi connectivity index (χ3n) is 4.67. The molecule has 4 N–H and O–H groups in total. The molecule has 1 atom stereocenters. The number of hydrogen-bond acceptors (Lipinski definition) is 7. The number of nitrogens with zero attached hydrogens (tertiary/aromatic N) is 4. The van der Waals surface area contributed by atoms with Crippen molar-refractivity contribution in [1.82, 2.24) is 9.97 Å². The molecule has 0 saturated carbocycles. The lowest BCUT2D eigenvalue weighted by atomic mass is 10.2. The number of rotatable bonds is 6. The van der Waals surface area contributed by atoms with Crippen LogP contribution in [0.15, 0.2) is 24.3 Å². The number of ether oxygens (including phenoxy) is 1. The molecule has 0 amide bonds. The van der Waals surface area contributed by atoms with Crippen molar-refractivity contribution in [1.29, 1.82) is 0 Å². The van der Waals surface area contributed by atoms with Crippen molar-refractivity contribution < 1.29 is 26.7 Å².